The largest absolute Gasteiger partial charge is 0.460 e. The van der Waals surface area contributed by atoms with E-state index in [0.29, 0.717) is 64.8 Å². The number of carbonyl (C=O) groups excluding carboxylic acids is 3. The average molecular weight is 978 g/mol. The molecule has 4 N–H and O–H groups in total. The Kier molecular flexibility index (Phi) is 20.0. The van der Waals surface area contributed by atoms with Gasteiger partial charge in [-0.25, -0.2) is 4.79 Å². The second-order valence-corrected chi connectivity index (χ2v) is 22.1. The summed E-state index contributed by atoms with van der Waals surface area (Å²) in [7, 11) is 3.39. The van der Waals surface area contributed by atoms with Crippen molar-refractivity contribution in [2.24, 2.45) is 23.5 Å². The quantitative estimate of drug-likeness (QED) is 0.0376. The topological polar surface area (TPSA) is 207 Å². The average Bonchev–Trinajstić information content (AvgIpc) is 4.19. The van der Waals surface area contributed by atoms with Crippen molar-refractivity contribution >= 4 is 18.0 Å². The Hall–Kier alpha value is -2.67. The maximum absolute atomic E-state index is 12.6. The van der Waals surface area contributed by atoms with E-state index in [0.717, 1.165) is 77.2 Å². The molecule has 3 saturated carbocycles. The van der Waals surface area contributed by atoms with Crippen molar-refractivity contribution < 1.29 is 63.2 Å². The molecular formula is C53H91N3O13. The fourth-order valence-corrected chi connectivity index (χ4v) is 11.4. The van der Waals surface area contributed by atoms with Gasteiger partial charge in [-0.15, -0.1) is 0 Å². The molecule has 7 aliphatic rings. The fraction of sp³-hybridized carbons (Fsp3) is 0.868. The molecule has 16 heteroatoms. The molecule has 7 fully saturated rings. The molecule has 69 heavy (non-hydrogen) atoms. The summed E-state index contributed by atoms with van der Waals surface area (Å²) in [5.74, 6) is 0.424. The van der Waals surface area contributed by atoms with Gasteiger partial charge in [0, 0.05) is 53.7 Å². The van der Waals surface area contributed by atoms with E-state index < -0.39 is 0 Å². The van der Waals surface area contributed by atoms with E-state index in [1.165, 1.54) is 11.1 Å². The first-order valence-corrected chi connectivity index (χ1v) is 26.2. The van der Waals surface area contributed by atoms with Gasteiger partial charge in [-0.3, -0.25) is 9.59 Å². The standard InChI is InChI=1S/C30H51NO8.C23H38N2O5.H2/c1-21(2)9-11-24-29(5,39-24)28-27(34-6)23(13-14-30(28)20-37-30)38-26(33)8-7-16-35-18-19-36-17-15-31-25(32)12-10-22(3)4;1-14(2)5-10-18-22(3,30-18)20-19(27-4)17(11-12-23(20)13-28-23)29-21(26)25-16-8-6-15(24)7-9-16;/h9,22-24,27-28H,7-8,10-20H2,1-6H3,(H,31,32);5,15-20H,6-13,24H2,1-4H3,(H,25,26);1H/t23?,24-,27?,28?,29+,30+;15?,16?,17?,18-,19?,20?,22+,23+;/m11./s1. The van der Waals surface area contributed by atoms with Crippen LogP contribution < -0.4 is 16.4 Å². The van der Waals surface area contributed by atoms with Crippen molar-refractivity contribution in [3.63, 3.8) is 0 Å². The summed E-state index contributed by atoms with van der Waals surface area (Å²) in [6, 6.07) is 0.401. The van der Waals surface area contributed by atoms with E-state index in [2.05, 4.69) is 78.2 Å². The van der Waals surface area contributed by atoms with Gasteiger partial charge >= 0.3 is 12.1 Å². The number of esters is 1. The van der Waals surface area contributed by atoms with Crippen molar-refractivity contribution in [1.82, 2.24) is 10.6 Å². The summed E-state index contributed by atoms with van der Waals surface area (Å²) in [6.07, 6.45) is 14.2. The number of alkyl carbamates (subject to hydrolysis) is 1. The lowest BCUT2D eigenvalue weighted by atomic mass is 9.68. The molecule has 16 nitrogen and oxygen atoms in total. The predicted molar refractivity (Wildman–Crippen MR) is 263 cm³/mol. The molecule has 0 radical (unpaired) electrons. The number of nitrogens with two attached hydrogens (primary N) is 1. The predicted octanol–water partition coefficient (Wildman–Crippen LogP) is 7.28. The van der Waals surface area contributed by atoms with Gasteiger partial charge in [0.2, 0.25) is 5.91 Å². The van der Waals surface area contributed by atoms with Crippen LogP contribution in [0.1, 0.15) is 147 Å². The second-order valence-electron chi connectivity index (χ2n) is 22.1. The lowest BCUT2D eigenvalue weighted by Gasteiger charge is -2.42. The van der Waals surface area contributed by atoms with Gasteiger partial charge < -0.3 is 63.7 Å². The minimum absolute atomic E-state index is 0. The molecule has 4 aliphatic heterocycles. The molecular weight excluding hydrogens is 887 g/mol. The van der Waals surface area contributed by atoms with Gasteiger partial charge in [0.15, 0.2) is 0 Å². The van der Waals surface area contributed by atoms with Crippen molar-refractivity contribution in [3.8, 4) is 0 Å². The van der Waals surface area contributed by atoms with Gasteiger partial charge in [0.1, 0.15) is 46.8 Å². The van der Waals surface area contributed by atoms with Crippen LogP contribution in [0, 0.1) is 17.8 Å². The summed E-state index contributed by atoms with van der Waals surface area (Å²) >= 11 is 0. The number of carbonyl (C=O) groups is 3. The maximum Gasteiger partial charge on any atom is 0.407 e. The first-order valence-electron chi connectivity index (χ1n) is 26.2. The highest BCUT2D eigenvalue weighted by Gasteiger charge is 2.73. The third kappa shape index (κ3) is 15.2. The third-order valence-corrected chi connectivity index (χ3v) is 15.7. The molecule has 12 atom stereocenters. The van der Waals surface area contributed by atoms with E-state index in [-0.39, 0.29) is 102 Å². The molecule has 4 heterocycles. The van der Waals surface area contributed by atoms with Crippen LogP contribution in [-0.2, 0) is 57.0 Å². The molecule has 6 unspecified atom stereocenters. The smallest absolute Gasteiger partial charge is 0.407 e. The number of epoxide rings is 4. The van der Waals surface area contributed by atoms with Crippen LogP contribution in [0.15, 0.2) is 23.3 Å². The normalized spacial score (nSPS) is 37.2. The molecule has 2 spiro atoms. The number of hydrogen-bond acceptors (Lipinski definition) is 14. The number of nitrogens with one attached hydrogen (secondary N) is 2. The molecule has 0 aromatic heterocycles. The second kappa shape index (κ2) is 24.8. The number of rotatable bonds is 24. The van der Waals surface area contributed by atoms with Crippen LogP contribution in [0.2, 0.25) is 0 Å². The first-order chi connectivity index (χ1) is 32.9. The summed E-state index contributed by atoms with van der Waals surface area (Å²) in [5, 5.41) is 5.89. The van der Waals surface area contributed by atoms with Crippen LogP contribution >= 0.6 is 0 Å². The van der Waals surface area contributed by atoms with Crippen LogP contribution in [0.3, 0.4) is 0 Å². The highest BCUT2D eigenvalue weighted by molar-refractivity contribution is 5.75. The van der Waals surface area contributed by atoms with E-state index in [1.807, 2.05) is 0 Å². The van der Waals surface area contributed by atoms with Crippen LogP contribution in [0.25, 0.3) is 0 Å². The molecule has 3 aliphatic carbocycles. The summed E-state index contributed by atoms with van der Waals surface area (Å²) in [6.45, 7) is 20.7. The van der Waals surface area contributed by atoms with E-state index in [9.17, 15) is 14.4 Å². The Morgan fingerprint density at radius 2 is 1.23 bits per heavy atom. The fourth-order valence-electron chi connectivity index (χ4n) is 11.4. The zero-order valence-corrected chi connectivity index (χ0v) is 43.7. The Morgan fingerprint density at radius 1 is 0.725 bits per heavy atom. The zero-order chi connectivity index (χ0) is 50.0. The molecule has 4 saturated heterocycles. The molecule has 7 rings (SSSR count). The van der Waals surface area contributed by atoms with E-state index in [4.69, 9.17) is 53.1 Å². The van der Waals surface area contributed by atoms with Gasteiger partial charge in [-0.2, -0.15) is 0 Å². The Balaban J connectivity index is 0.000000265. The SMILES string of the molecule is COC1C(OC(=O)CCCOCCOCCNC(=O)CCC(C)C)CC[C@]2(CO2)C1[C@@]1(C)O[C@@H]1CC=C(C)C.COC1C(OC(=O)NC2CCC(N)CC2)CC[C@]2(CO2)C1[C@@]1(C)O[C@@H]1CC=C(C)C.[HH]. The minimum atomic E-state index is -0.350. The Bertz CT molecular complexity index is 1740. The van der Waals surface area contributed by atoms with Crippen LogP contribution in [0.5, 0.6) is 0 Å². The number of methoxy groups -OCH3 is 2. The number of amides is 2. The number of allylic oxidation sites excluding steroid dienone is 2. The van der Waals surface area contributed by atoms with Crippen LogP contribution in [0.4, 0.5) is 4.79 Å². The first kappa shape index (κ1) is 55.6. The summed E-state index contributed by atoms with van der Waals surface area (Å²) in [5.41, 5.74) is 7.44. The van der Waals surface area contributed by atoms with Gasteiger partial charge in [-0.1, -0.05) is 37.1 Å². The van der Waals surface area contributed by atoms with Crippen molar-refractivity contribution in [2.75, 3.05) is 60.4 Å². The summed E-state index contributed by atoms with van der Waals surface area (Å²) < 4.78 is 59.2. The van der Waals surface area contributed by atoms with Crippen molar-refractivity contribution in [1.29, 1.82) is 0 Å². The highest BCUT2D eigenvalue weighted by Crippen LogP contribution is 2.61. The summed E-state index contributed by atoms with van der Waals surface area (Å²) in [4.78, 5) is 36.9. The Labute approximate surface area is 414 Å². The molecule has 0 aromatic rings. The van der Waals surface area contributed by atoms with Crippen LogP contribution in [-0.4, -0.2) is 149 Å². The minimum Gasteiger partial charge on any atom is -0.460 e. The highest BCUT2D eigenvalue weighted by atomic mass is 16.6. The molecule has 396 valence electrons. The van der Waals surface area contributed by atoms with Gasteiger partial charge in [-0.05, 0) is 125 Å². The number of ether oxygens (including phenoxy) is 10. The third-order valence-electron chi connectivity index (χ3n) is 15.7. The van der Waals surface area contributed by atoms with Gasteiger partial charge in [0.25, 0.3) is 0 Å². The van der Waals surface area contributed by atoms with Crippen molar-refractivity contribution in [3.05, 3.63) is 23.3 Å². The molecule has 0 bridgehead atoms. The maximum atomic E-state index is 12.6. The Morgan fingerprint density at radius 3 is 1.71 bits per heavy atom. The van der Waals surface area contributed by atoms with E-state index in [1.54, 1.807) is 14.2 Å². The monoisotopic (exact) mass is 978 g/mol. The van der Waals surface area contributed by atoms with Gasteiger partial charge in [0.05, 0.1) is 57.1 Å². The zero-order valence-electron chi connectivity index (χ0n) is 43.7. The lowest BCUT2D eigenvalue weighted by Crippen LogP contribution is -2.56. The molecule has 2 amide bonds. The van der Waals surface area contributed by atoms with Crippen molar-refractivity contribution in [2.45, 2.75) is 216 Å². The molecule has 0 aromatic carbocycles. The lowest BCUT2D eigenvalue weighted by molar-refractivity contribution is -0.172. The number of hydrogen-bond donors (Lipinski definition) is 3. The van der Waals surface area contributed by atoms with E-state index >= 15 is 0 Å².